The van der Waals surface area contributed by atoms with Crippen LogP contribution in [0.3, 0.4) is 0 Å². The van der Waals surface area contributed by atoms with Crippen LogP contribution in [0.1, 0.15) is 271 Å². The third kappa shape index (κ3) is 57.0. The first-order valence-electron chi connectivity index (χ1n) is 29.9. The second kappa shape index (κ2) is 59.6. The molecule has 0 rings (SSSR count). The number of hydrogen-bond donors (Lipinski definition) is 0. The van der Waals surface area contributed by atoms with Gasteiger partial charge in [-0.05, 0) is 122 Å². The van der Waals surface area contributed by atoms with Crippen LogP contribution in [0, 0.1) is 0 Å². The first kappa shape index (κ1) is 68.1. The molecule has 0 spiro atoms. The SMILES string of the molecule is CC/C=C\C/C=C\C/C=C\C/C=C\C/C=C\CCCC(=O)OC(COC(=O)CCCCCCC/C=C\C/C=C\CCCCCC)COC(=O)CCCCCCCCCCC/C=C\C/C=C\CCCCCCC. The summed E-state index contributed by atoms with van der Waals surface area (Å²) in [5.41, 5.74) is 0. The van der Waals surface area contributed by atoms with Crippen molar-refractivity contribution in [1.82, 2.24) is 0 Å². The molecule has 1 unspecified atom stereocenters. The average molecular weight is 1000 g/mol. The molecule has 72 heavy (non-hydrogen) atoms. The lowest BCUT2D eigenvalue weighted by molar-refractivity contribution is -0.167. The number of unbranched alkanes of at least 4 members (excludes halogenated alkanes) is 24. The van der Waals surface area contributed by atoms with Gasteiger partial charge in [-0.25, -0.2) is 0 Å². The summed E-state index contributed by atoms with van der Waals surface area (Å²) in [5, 5.41) is 0. The average Bonchev–Trinajstić information content (AvgIpc) is 3.38. The zero-order valence-corrected chi connectivity index (χ0v) is 46.9. The van der Waals surface area contributed by atoms with Crippen molar-refractivity contribution in [3.8, 4) is 0 Å². The lowest BCUT2D eigenvalue weighted by Gasteiger charge is -2.18. The normalized spacial score (nSPS) is 12.9. The number of carbonyl (C=O) groups excluding carboxylic acids is 3. The molecule has 6 heteroatoms. The van der Waals surface area contributed by atoms with Crippen LogP contribution in [0.15, 0.2) is 109 Å². The van der Waals surface area contributed by atoms with Gasteiger partial charge in [-0.1, -0.05) is 239 Å². The van der Waals surface area contributed by atoms with Gasteiger partial charge in [0.05, 0.1) is 0 Å². The minimum absolute atomic E-state index is 0.109. The molecule has 0 aromatic carbocycles. The Bertz CT molecular complexity index is 1470. The molecule has 0 fully saturated rings. The zero-order chi connectivity index (χ0) is 52.2. The standard InChI is InChI=1S/C66H110O6/c1-4-7-10-13-16-19-22-25-28-31-32-33-34-36-38-41-44-47-50-53-56-59-65(68)71-62-63(61-70-64(67)58-55-52-49-46-43-40-37-30-27-24-21-18-15-12-9-6-3)72-66(69)60-57-54-51-48-45-42-39-35-29-26-23-20-17-14-11-8-5-2/h8,11,17,20-22,24-26,29-32,37,39,42,48,51,63H,4-7,9-10,12-16,18-19,23,27-28,33-36,38,40-41,43-47,49-50,52-62H2,1-3H3/b11-8-,20-17-,24-21-,25-22-,29-26-,32-31-,37-30-,42-39-,51-48-. The maximum absolute atomic E-state index is 12.9. The van der Waals surface area contributed by atoms with Gasteiger partial charge in [0.15, 0.2) is 6.10 Å². The molecular formula is C66H110O6. The first-order chi connectivity index (χ1) is 35.5. The van der Waals surface area contributed by atoms with E-state index in [1.807, 2.05) is 0 Å². The van der Waals surface area contributed by atoms with Crippen molar-refractivity contribution >= 4 is 17.9 Å². The lowest BCUT2D eigenvalue weighted by atomic mass is 10.1. The van der Waals surface area contributed by atoms with Gasteiger partial charge in [0.25, 0.3) is 0 Å². The number of rotatable bonds is 53. The van der Waals surface area contributed by atoms with E-state index in [0.29, 0.717) is 19.3 Å². The summed E-state index contributed by atoms with van der Waals surface area (Å²) < 4.78 is 16.8. The Morgan fingerprint density at radius 3 is 0.903 bits per heavy atom. The first-order valence-corrected chi connectivity index (χ1v) is 29.9. The Morgan fingerprint density at radius 2 is 0.556 bits per heavy atom. The maximum atomic E-state index is 12.9. The minimum atomic E-state index is -0.818. The van der Waals surface area contributed by atoms with Crippen molar-refractivity contribution in [2.45, 2.75) is 277 Å². The molecule has 410 valence electrons. The van der Waals surface area contributed by atoms with E-state index in [2.05, 4.69) is 130 Å². The van der Waals surface area contributed by atoms with E-state index in [9.17, 15) is 14.4 Å². The summed E-state index contributed by atoms with van der Waals surface area (Å²) in [6, 6.07) is 0. The second-order valence-electron chi connectivity index (χ2n) is 19.5. The maximum Gasteiger partial charge on any atom is 0.306 e. The van der Waals surface area contributed by atoms with Crippen molar-refractivity contribution < 1.29 is 28.6 Å². The fraction of sp³-hybridized carbons (Fsp3) is 0.682. The number of allylic oxidation sites excluding steroid dienone is 18. The molecule has 0 aliphatic carbocycles. The zero-order valence-electron chi connectivity index (χ0n) is 46.9. The molecule has 0 aliphatic heterocycles. The van der Waals surface area contributed by atoms with Gasteiger partial charge in [0.1, 0.15) is 13.2 Å². The largest absolute Gasteiger partial charge is 0.462 e. The number of ether oxygens (including phenoxy) is 3. The highest BCUT2D eigenvalue weighted by Crippen LogP contribution is 2.14. The highest BCUT2D eigenvalue weighted by atomic mass is 16.6. The van der Waals surface area contributed by atoms with E-state index in [1.54, 1.807) is 0 Å². The van der Waals surface area contributed by atoms with E-state index in [-0.39, 0.29) is 37.5 Å². The molecule has 0 heterocycles. The third-order valence-electron chi connectivity index (χ3n) is 12.5. The van der Waals surface area contributed by atoms with Gasteiger partial charge in [0, 0.05) is 19.3 Å². The van der Waals surface area contributed by atoms with Crippen LogP contribution in [0.5, 0.6) is 0 Å². The van der Waals surface area contributed by atoms with Crippen LogP contribution >= 0.6 is 0 Å². The molecule has 0 amide bonds. The molecule has 1 atom stereocenters. The fourth-order valence-electron chi connectivity index (χ4n) is 8.01. The van der Waals surface area contributed by atoms with Gasteiger partial charge < -0.3 is 14.2 Å². The lowest BCUT2D eigenvalue weighted by Crippen LogP contribution is -2.30. The quantitative estimate of drug-likeness (QED) is 0.0261. The molecule has 6 nitrogen and oxygen atoms in total. The van der Waals surface area contributed by atoms with Crippen LogP contribution in [0.4, 0.5) is 0 Å². The van der Waals surface area contributed by atoms with Crippen molar-refractivity contribution in [1.29, 1.82) is 0 Å². The molecular weight excluding hydrogens is 889 g/mol. The number of esters is 3. The summed E-state index contributed by atoms with van der Waals surface area (Å²) in [4.78, 5) is 38.2. The molecule has 0 aromatic heterocycles. The highest BCUT2D eigenvalue weighted by molar-refractivity contribution is 5.71. The Balaban J connectivity index is 4.48. The Kier molecular flexibility index (Phi) is 56.4. The smallest absolute Gasteiger partial charge is 0.306 e. The monoisotopic (exact) mass is 999 g/mol. The van der Waals surface area contributed by atoms with Crippen molar-refractivity contribution in [2.24, 2.45) is 0 Å². The second-order valence-corrected chi connectivity index (χ2v) is 19.5. The van der Waals surface area contributed by atoms with E-state index in [0.717, 1.165) is 109 Å². The fourth-order valence-corrected chi connectivity index (χ4v) is 8.01. The van der Waals surface area contributed by atoms with Crippen LogP contribution in [0.25, 0.3) is 0 Å². The Labute approximate surface area is 444 Å². The molecule has 0 N–H and O–H groups in total. The predicted molar refractivity (Wildman–Crippen MR) is 311 cm³/mol. The van der Waals surface area contributed by atoms with Crippen LogP contribution in [-0.2, 0) is 28.6 Å². The van der Waals surface area contributed by atoms with E-state index >= 15 is 0 Å². The van der Waals surface area contributed by atoms with Crippen LogP contribution in [0.2, 0.25) is 0 Å². The summed E-state index contributed by atoms with van der Waals surface area (Å²) in [5.74, 6) is -0.983. The molecule has 0 saturated carbocycles. The third-order valence-corrected chi connectivity index (χ3v) is 12.5. The number of carbonyl (C=O) groups is 3. The summed E-state index contributed by atoms with van der Waals surface area (Å²) in [6.07, 6.45) is 80.8. The number of hydrogen-bond acceptors (Lipinski definition) is 6. The van der Waals surface area contributed by atoms with Gasteiger partial charge in [-0.3, -0.25) is 14.4 Å². The van der Waals surface area contributed by atoms with Crippen molar-refractivity contribution in [2.75, 3.05) is 13.2 Å². The van der Waals surface area contributed by atoms with Crippen molar-refractivity contribution in [3.05, 3.63) is 109 Å². The molecule has 0 saturated heterocycles. The molecule has 0 bridgehead atoms. The topological polar surface area (TPSA) is 78.9 Å². The molecule has 0 aliphatic rings. The van der Waals surface area contributed by atoms with E-state index in [4.69, 9.17) is 14.2 Å². The Morgan fingerprint density at radius 1 is 0.292 bits per heavy atom. The van der Waals surface area contributed by atoms with E-state index < -0.39 is 6.10 Å². The molecule has 0 aromatic rings. The van der Waals surface area contributed by atoms with Gasteiger partial charge in [-0.15, -0.1) is 0 Å². The summed E-state index contributed by atoms with van der Waals surface area (Å²) in [7, 11) is 0. The summed E-state index contributed by atoms with van der Waals surface area (Å²) >= 11 is 0. The highest BCUT2D eigenvalue weighted by Gasteiger charge is 2.19. The van der Waals surface area contributed by atoms with Crippen LogP contribution in [-0.4, -0.2) is 37.2 Å². The van der Waals surface area contributed by atoms with Crippen molar-refractivity contribution in [3.63, 3.8) is 0 Å². The van der Waals surface area contributed by atoms with Gasteiger partial charge >= 0.3 is 17.9 Å². The predicted octanol–water partition coefficient (Wildman–Crippen LogP) is 20.3. The molecule has 0 radical (unpaired) electrons. The summed E-state index contributed by atoms with van der Waals surface area (Å²) in [6.45, 7) is 6.44. The van der Waals surface area contributed by atoms with Gasteiger partial charge in [-0.2, -0.15) is 0 Å². The minimum Gasteiger partial charge on any atom is -0.462 e. The van der Waals surface area contributed by atoms with E-state index in [1.165, 1.54) is 116 Å². The van der Waals surface area contributed by atoms with Gasteiger partial charge in [0.2, 0.25) is 0 Å². The Hall–Kier alpha value is -3.93. The van der Waals surface area contributed by atoms with Crippen LogP contribution < -0.4 is 0 Å².